The van der Waals surface area contributed by atoms with Crippen molar-refractivity contribution in [3.63, 3.8) is 0 Å². The van der Waals surface area contributed by atoms with Gasteiger partial charge in [-0.05, 0) is 37.2 Å². The molecule has 3 heterocycles. The van der Waals surface area contributed by atoms with Crippen molar-refractivity contribution in [1.29, 1.82) is 0 Å². The number of carbonyl (C=O) groups is 1. The number of morpholine rings is 1. The third kappa shape index (κ3) is 4.21. The number of methoxy groups -OCH3 is 1. The minimum absolute atomic E-state index is 0.0263. The largest absolute Gasteiger partial charge is 0.497 e. The van der Waals surface area contributed by atoms with E-state index >= 15 is 0 Å². The second kappa shape index (κ2) is 8.21. The van der Waals surface area contributed by atoms with Gasteiger partial charge in [0.25, 0.3) is 5.91 Å². The molecule has 3 aromatic rings. The number of nitrogens with zero attached hydrogens (tertiary/aromatic N) is 2. The smallest absolute Gasteiger partial charge is 0.261 e. The Morgan fingerprint density at radius 3 is 2.93 bits per heavy atom. The summed E-state index contributed by atoms with van der Waals surface area (Å²) >= 11 is 1.43. The van der Waals surface area contributed by atoms with E-state index in [9.17, 15) is 4.79 Å². The standard InChI is InChI=1S/C20H23N3O3S/c1-25-16-4-3-14-11-15-12-18(27-20(15)22-17(14)13-16)19(24)21-5-2-6-23-7-9-26-10-8-23/h3-4,11-13H,2,5-10H2,1H3,(H,21,24). The van der Waals surface area contributed by atoms with Gasteiger partial charge in [0.15, 0.2) is 0 Å². The molecule has 1 fully saturated rings. The van der Waals surface area contributed by atoms with E-state index in [0.717, 1.165) is 66.1 Å². The molecule has 1 aliphatic rings. The number of fused-ring (bicyclic) bond motifs is 2. The summed E-state index contributed by atoms with van der Waals surface area (Å²) in [4.78, 5) is 21.1. The first-order valence-corrected chi connectivity index (χ1v) is 10.0. The average Bonchev–Trinajstić information content (AvgIpc) is 3.12. The molecule has 6 nitrogen and oxygen atoms in total. The zero-order valence-electron chi connectivity index (χ0n) is 15.4. The molecule has 1 saturated heterocycles. The molecule has 1 aromatic carbocycles. The van der Waals surface area contributed by atoms with Crippen LogP contribution in [0, 0.1) is 0 Å². The maximum absolute atomic E-state index is 12.5. The summed E-state index contributed by atoms with van der Waals surface area (Å²) in [6.45, 7) is 5.24. The molecule has 1 N–H and O–H groups in total. The van der Waals surface area contributed by atoms with Crippen LogP contribution in [0.1, 0.15) is 16.1 Å². The summed E-state index contributed by atoms with van der Waals surface area (Å²) in [7, 11) is 1.65. The van der Waals surface area contributed by atoms with Crippen LogP contribution in [0.25, 0.3) is 21.1 Å². The minimum atomic E-state index is -0.0263. The predicted octanol–water partition coefficient (Wildman–Crippen LogP) is 2.91. The highest BCUT2D eigenvalue weighted by Gasteiger charge is 2.13. The monoisotopic (exact) mass is 385 g/mol. The summed E-state index contributed by atoms with van der Waals surface area (Å²) in [5, 5.41) is 5.06. The lowest BCUT2D eigenvalue weighted by Crippen LogP contribution is -2.38. The van der Waals surface area contributed by atoms with Crippen molar-refractivity contribution in [3.8, 4) is 5.75 Å². The number of pyridine rings is 1. The Morgan fingerprint density at radius 2 is 2.11 bits per heavy atom. The fraction of sp³-hybridized carbons (Fsp3) is 0.400. The van der Waals surface area contributed by atoms with Crippen molar-refractivity contribution in [1.82, 2.24) is 15.2 Å². The minimum Gasteiger partial charge on any atom is -0.497 e. The van der Waals surface area contributed by atoms with Crippen LogP contribution in [0.2, 0.25) is 0 Å². The zero-order valence-corrected chi connectivity index (χ0v) is 16.2. The number of thiophene rings is 1. The van der Waals surface area contributed by atoms with Crippen LogP contribution in [0.4, 0.5) is 0 Å². The number of carbonyl (C=O) groups excluding carboxylic acids is 1. The van der Waals surface area contributed by atoms with Gasteiger partial charge in [-0.25, -0.2) is 4.98 Å². The number of ether oxygens (including phenoxy) is 2. The number of rotatable bonds is 6. The summed E-state index contributed by atoms with van der Waals surface area (Å²) in [6, 6.07) is 9.82. The predicted molar refractivity (Wildman–Crippen MR) is 108 cm³/mol. The highest BCUT2D eigenvalue weighted by atomic mass is 32.1. The van der Waals surface area contributed by atoms with Gasteiger partial charge in [-0.3, -0.25) is 9.69 Å². The van der Waals surface area contributed by atoms with Crippen LogP contribution in [-0.2, 0) is 4.74 Å². The Bertz CT molecular complexity index is 950. The molecule has 27 heavy (non-hydrogen) atoms. The second-order valence-electron chi connectivity index (χ2n) is 6.62. The number of nitrogens with one attached hydrogen (secondary N) is 1. The van der Waals surface area contributed by atoms with Gasteiger partial charge >= 0.3 is 0 Å². The molecular weight excluding hydrogens is 362 g/mol. The number of benzene rings is 1. The van der Waals surface area contributed by atoms with Gasteiger partial charge in [0, 0.05) is 36.5 Å². The molecular formula is C20H23N3O3S. The first kappa shape index (κ1) is 18.2. The van der Waals surface area contributed by atoms with Gasteiger partial charge in [0.1, 0.15) is 10.6 Å². The first-order chi connectivity index (χ1) is 13.2. The molecule has 4 rings (SSSR count). The lowest BCUT2D eigenvalue weighted by Gasteiger charge is -2.26. The van der Waals surface area contributed by atoms with E-state index in [2.05, 4.69) is 21.3 Å². The molecule has 0 atom stereocenters. The van der Waals surface area contributed by atoms with Crippen molar-refractivity contribution in [2.24, 2.45) is 0 Å². The highest BCUT2D eigenvalue weighted by molar-refractivity contribution is 7.20. The van der Waals surface area contributed by atoms with Crippen molar-refractivity contribution < 1.29 is 14.3 Å². The van der Waals surface area contributed by atoms with Crippen LogP contribution in [-0.4, -0.2) is 62.3 Å². The molecule has 0 saturated carbocycles. The molecule has 0 radical (unpaired) electrons. The van der Waals surface area contributed by atoms with E-state index in [1.165, 1.54) is 11.3 Å². The van der Waals surface area contributed by atoms with Crippen molar-refractivity contribution in [2.75, 3.05) is 46.5 Å². The average molecular weight is 385 g/mol. The fourth-order valence-corrected chi connectivity index (χ4v) is 4.20. The fourth-order valence-electron chi connectivity index (χ4n) is 3.26. The SMILES string of the molecule is COc1ccc2cc3cc(C(=O)NCCCN4CCOCC4)sc3nc2c1. The topological polar surface area (TPSA) is 63.7 Å². The maximum Gasteiger partial charge on any atom is 0.261 e. The number of hydrogen-bond acceptors (Lipinski definition) is 6. The normalized spacial score (nSPS) is 15.3. The van der Waals surface area contributed by atoms with Crippen LogP contribution >= 0.6 is 11.3 Å². The van der Waals surface area contributed by atoms with Gasteiger partial charge in [-0.1, -0.05) is 0 Å². The lowest BCUT2D eigenvalue weighted by molar-refractivity contribution is 0.0374. The molecule has 7 heteroatoms. The lowest BCUT2D eigenvalue weighted by atomic mass is 10.2. The highest BCUT2D eigenvalue weighted by Crippen LogP contribution is 2.29. The van der Waals surface area contributed by atoms with E-state index < -0.39 is 0 Å². The zero-order chi connectivity index (χ0) is 18.6. The Kier molecular flexibility index (Phi) is 5.52. The molecule has 0 spiro atoms. The van der Waals surface area contributed by atoms with Crippen molar-refractivity contribution >= 4 is 38.4 Å². The Hall–Kier alpha value is -2.22. The molecule has 142 valence electrons. The Balaban J connectivity index is 1.40. The van der Waals surface area contributed by atoms with Gasteiger partial charge in [-0.2, -0.15) is 0 Å². The Morgan fingerprint density at radius 1 is 1.26 bits per heavy atom. The van der Waals surface area contributed by atoms with E-state index in [1.807, 2.05) is 24.3 Å². The van der Waals surface area contributed by atoms with Crippen LogP contribution < -0.4 is 10.1 Å². The Labute approximate surface area is 162 Å². The van der Waals surface area contributed by atoms with Crippen molar-refractivity contribution in [2.45, 2.75) is 6.42 Å². The maximum atomic E-state index is 12.5. The van der Waals surface area contributed by atoms with E-state index in [4.69, 9.17) is 9.47 Å². The summed E-state index contributed by atoms with van der Waals surface area (Å²) in [5.74, 6) is 0.755. The number of aromatic nitrogens is 1. The van der Waals surface area contributed by atoms with Gasteiger partial charge in [0.2, 0.25) is 0 Å². The summed E-state index contributed by atoms with van der Waals surface area (Å²) < 4.78 is 10.6. The van der Waals surface area contributed by atoms with Crippen LogP contribution in [0.5, 0.6) is 5.75 Å². The number of hydrogen-bond donors (Lipinski definition) is 1. The number of amides is 1. The quantitative estimate of drug-likeness (QED) is 0.661. The summed E-state index contributed by atoms with van der Waals surface area (Å²) in [6.07, 6.45) is 0.943. The molecule has 2 aromatic heterocycles. The molecule has 0 unspecified atom stereocenters. The molecule has 1 amide bonds. The molecule has 0 aliphatic carbocycles. The molecule has 0 bridgehead atoms. The third-order valence-corrected chi connectivity index (χ3v) is 5.82. The first-order valence-electron chi connectivity index (χ1n) is 9.19. The van der Waals surface area contributed by atoms with E-state index in [-0.39, 0.29) is 5.91 Å². The summed E-state index contributed by atoms with van der Waals surface area (Å²) in [5.41, 5.74) is 0.876. The van der Waals surface area contributed by atoms with Gasteiger partial charge in [0.05, 0.1) is 30.7 Å². The molecule has 1 aliphatic heterocycles. The second-order valence-corrected chi connectivity index (χ2v) is 7.65. The van der Waals surface area contributed by atoms with Crippen LogP contribution in [0.15, 0.2) is 30.3 Å². The van der Waals surface area contributed by atoms with E-state index in [0.29, 0.717) is 11.4 Å². The van der Waals surface area contributed by atoms with Crippen LogP contribution in [0.3, 0.4) is 0 Å². The third-order valence-electron chi connectivity index (χ3n) is 4.77. The van der Waals surface area contributed by atoms with Gasteiger partial charge < -0.3 is 14.8 Å². The van der Waals surface area contributed by atoms with Crippen molar-refractivity contribution in [3.05, 3.63) is 35.2 Å². The van der Waals surface area contributed by atoms with Gasteiger partial charge in [-0.15, -0.1) is 11.3 Å². The van der Waals surface area contributed by atoms with E-state index in [1.54, 1.807) is 7.11 Å².